The zero-order chi connectivity index (χ0) is 14.3. The molecule has 1 aromatic carbocycles. The van der Waals surface area contributed by atoms with Gasteiger partial charge in [0, 0.05) is 12.3 Å². The average Bonchev–Trinajstić information content (AvgIpc) is 2.79. The lowest BCUT2D eigenvalue weighted by atomic mass is 10.2. The van der Waals surface area contributed by atoms with Crippen LogP contribution in [0.25, 0.3) is 16.9 Å². The molecule has 3 nitrogen and oxygen atoms in total. The molecule has 0 aliphatic heterocycles. The molecule has 2 aromatic heterocycles. The summed E-state index contributed by atoms with van der Waals surface area (Å²) in [6.45, 7) is 0. The molecule has 2 heterocycles. The molecule has 0 aliphatic carbocycles. The molecule has 0 saturated carbocycles. The number of halogens is 3. The van der Waals surface area contributed by atoms with Crippen LogP contribution >= 0.6 is 15.9 Å². The van der Waals surface area contributed by atoms with Gasteiger partial charge >= 0.3 is 0 Å². The van der Waals surface area contributed by atoms with Gasteiger partial charge in [0.05, 0.1) is 18.2 Å². The Morgan fingerprint density at radius 2 is 2.00 bits per heavy atom. The number of hydrogen-bond donors (Lipinski definition) is 0. The molecular formula is C14H9BrF2N2O. The minimum absolute atomic E-state index is 0.0789. The van der Waals surface area contributed by atoms with E-state index in [1.807, 2.05) is 12.1 Å². The summed E-state index contributed by atoms with van der Waals surface area (Å²) in [5.41, 5.74) is 0.855. The van der Waals surface area contributed by atoms with Crippen molar-refractivity contribution in [2.45, 2.75) is 0 Å². The van der Waals surface area contributed by atoms with Gasteiger partial charge in [-0.15, -0.1) is 0 Å². The first-order valence-corrected chi connectivity index (χ1v) is 6.57. The highest BCUT2D eigenvalue weighted by Crippen LogP contribution is 2.31. The Morgan fingerprint density at radius 3 is 2.75 bits per heavy atom. The summed E-state index contributed by atoms with van der Waals surface area (Å²) in [6, 6.07) is 7.57. The summed E-state index contributed by atoms with van der Waals surface area (Å²) < 4.78 is 34.9. The lowest BCUT2D eigenvalue weighted by Gasteiger charge is -2.06. The van der Waals surface area contributed by atoms with Crippen molar-refractivity contribution in [2.24, 2.45) is 0 Å². The van der Waals surface area contributed by atoms with Gasteiger partial charge < -0.3 is 4.74 Å². The number of hydrogen-bond acceptors (Lipinski definition) is 2. The van der Waals surface area contributed by atoms with Crippen LogP contribution in [0, 0.1) is 11.6 Å². The van der Waals surface area contributed by atoms with Gasteiger partial charge in [-0.05, 0) is 34.1 Å². The van der Waals surface area contributed by atoms with E-state index in [0.29, 0.717) is 10.4 Å². The van der Waals surface area contributed by atoms with Crippen molar-refractivity contribution < 1.29 is 13.5 Å². The Labute approximate surface area is 122 Å². The third-order valence-corrected chi connectivity index (χ3v) is 3.57. The van der Waals surface area contributed by atoms with Crippen molar-refractivity contribution in [2.75, 3.05) is 7.11 Å². The predicted molar refractivity (Wildman–Crippen MR) is 74.8 cm³/mol. The highest BCUT2D eigenvalue weighted by atomic mass is 79.9. The van der Waals surface area contributed by atoms with E-state index in [-0.39, 0.29) is 11.3 Å². The van der Waals surface area contributed by atoms with Crippen LogP contribution in [0.15, 0.2) is 41.1 Å². The van der Waals surface area contributed by atoms with Gasteiger partial charge in [-0.3, -0.25) is 4.40 Å². The molecule has 0 atom stereocenters. The van der Waals surface area contributed by atoms with E-state index in [2.05, 4.69) is 20.9 Å². The number of benzene rings is 1. The second kappa shape index (κ2) is 4.86. The zero-order valence-electron chi connectivity index (χ0n) is 10.4. The molecule has 0 amide bonds. The highest BCUT2D eigenvalue weighted by molar-refractivity contribution is 9.10. The fourth-order valence-corrected chi connectivity index (χ4v) is 2.54. The number of methoxy groups -OCH3 is 1. The Morgan fingerprint density at radius 1 is 1.20 bits per heavy atom. The summed E-state index contributed by atoms with van der Waals surface area (Å²) in [5.74, 6) is -1.03. The molecule has 3 rings (SSSR count). The van der Waals surface area contributed by atoms with Crippen molar-refractivity contribution in [3.63, 3.8) is 0 Å². The molecule has 0 saturated heterocycles. The Balaban J connectivity index is 2.29. The monoisotopic (exact) mass is 338 g/mol. The van der Waals surface area contributed by atoms with Gasteiger partial charge in [0.25, 0.3) is 0 Å². The SMILES string of the molecule is COc1cc(F)c(-c2nc(Br)c3ccccn23)cc1F. The standard InChI is InChI=1S/C14H9BrF2N2O/c1-20-12-7-9(16)8(6-10(12)17)14-18-13(15)11-4-2-3-5-19(11)14/h2-7H,1H3. The summed E-state index contributed by atoms with van der Waals surface area (Å²) in [4.78, 5) is 4.25. The topological polar surface area (TPSA) is 26.5 Å². The van der Waals surface area contributed by atoms with Gasteiger partial charge in [0.1, 0.15) is 16.2 Å². The maximum Gasteiger partial charge on any atom is 0.165 e. The maximum absolute atomic E-state index is 14.1. The summed E-state index contributed by atoms with van der Waals surface area (Å²) in [6.07, 6.45) is 1.74. The van der Waals surface area contributed by atoms with Gasteiger partial charge in [-0.25, -0.2) is 13.8 Å². The lowest BCUT2D eigenvalue weighted by Crippen LogP contribution is -1.96. The van der Waals surface area contributed by atoms with Crippen molar-refractivity contribution in [1.29, 1.82) is 0 Å². The van der Waals surface area contributed by atoms with Crippen LogP contribution in [0.2, 0.25) is 0 Å². The first-order chi connectivity index (χ1) is 9.61. The van der Waals surface area contributed by atoms with Crippen molar-refractivity contribution >= 4 is 21.4 Å². The van der Waals surface area contributed by atoms with Gasteiger partial charge in [0.15, 0.2) is 11.6 Å². The molecule has 0 unspecified atom stereocenters. The number of fused-ring (bicyclic) bond motifs is 1. The van der Waals surface area contributed by atoms with E-state index in [0.717, 1.165) is 17.6 Å². The van der Waals surface area contributed by atoms with E-state index >= 15 is 0 Å². The van der Waals surface area contributed by atoms with Crippen LogP contribution in [0.5, 0.6) is 5.75 Å². The van der Waals surface area contributed by atoms with Crippen LogP contribution in [-0.4, -0.2) is 16.5 Å². The number of pyridine rings is 1. The second-order valence-corrected chi connectivity index (χ2v) is 4.90. The third-order valence-electron chi connectivity index (χ3n) is 2.99. The summed E-state index contributed by atoms with van der Waals surface area (Å²) in [5, 5.41) is 0. The van der Waals surface area contributed by atoms with Gasteiger partial charge in [-0.1, -0.05) is 6.07 Å². The number of imidazole rings is 1. The Hall–Kier alpha value is -1.95. The molecule has 0 N–H and O–H groups in total. The number of rotatable bonds is 2. The van der Waals surface area contributed by atoms with Gasteiger partial charge in [0.2, 0.25) is 0 Å². The third kappa shape index (κ3) is 1.96. The fourth-order valence-electron chi connectivity index (χ4n) is 2.05. The van der Waals surface area contributed by atoms with Crippen molar-refractivity contribution in [3.8, 4) is 17.1 Å². The minimum atomic E-state index is -0.632. The number of nitrogens with zero attached hydrogens (tertiary/aromatic N) is 2. The zero-order valence-corrected chi connectivity index (χ0v) is 12.0. The first kappa shape index (κ1) is 13.1. The van der Waals surface area contributed by atoms with Crippen LogP contribution in [0.4, 0.5) is 8.78 Å². The summed E-state index contributed by atoms with van der Waals surface area (Å²) >= 11 is 3.31. The Kier molecular flexibility index (Phi) is 3.17. The molecule has 3 aromatic rings. The normalized spacial score (nSPS) is 11.0. The van der Waals surface area contributed by atoms with Gasteiger partial charge in [-0.2, -0.15) is 0 Å². The smallest absolute Gasteiger partial charge is 0.165 e. The highest BCUT2D eigenvalue weighted by Gasteiger charge is 2.17. The minimum Gasteiger partial charge on any atom is -0.494 e. The van der Waals surface area contributed by atoms with Crippen molar-refractivity contribution in [3.05, 3.63) is 52.8 Å². The van der Waals surface area contributed by atoms with E-state index in [9.17, 15) is 8.78 Å². The molecule has 20 heavy (non-hydrogen) atoms. The van der Waals surface area contributed by atoms with Crippen LogP contribution in [0.3, 0.4) is 0 Å². The quantitative estimate of drug-likeness (QED) is 0.704. The van der Waals surface area contributed by atoms with Crippen LogP contribution < -0.4 is 4.74 Å². The van der Waals surface area contributed by atoms with E-state index in [1.54, 1.807) is 16.7 Å². The molecule has 0 bridgehead atoms. The molecule has 0 fully saturated rings. The maximum atomic E-state index is 14.1. The predicted octanol–water partition coefficient (Wildman–Crippen LogP) is 4.05. The van der Waals surface area contributed by atoms with E-state index in [4.69, 9.17) is 4.74 Å². The van der Waals surface area contributed by atoms with E-state index in [1.165, 1.54) is 7.11 Å². The number of ether oxygens (including phenoxy) is 1. The summed E-state index contributed by atoms with van der Waals surface area (Å²) in [7, 11) is 1.29. The molecule has 102 valence electrons. The Bertz CT molecular complexity index is 801. The average molecular weight is 339 g/mol. The lowest BCUT2D eigenvalue weighted by molar-refractivity contribution is 0.383. The molecule has 0 spiro atoms. The fraction of sp³-hybridized carbons (Fsp3) is 0.0714. The largest absolute Gasteiger partial charge is 0.494 e. The first-order valence-electron chi connectivity index (χ1n) is 5.78. The molecule has 0 aliphatic rings. The molecule has 0 radical (unpaired) electrons. The van der Waals surface area contributed by atoms with Crippen LogP contribution in [0.1, 0.15) is 0 Å². The molecule has 6 heteroatoms. The second-order valence-electron chi connectivity index (χ2n) is 4.15. The van der Waals surface area contributed by atoms with E-state index < -0.39 is 11.6 Å². The van der Waals surface area contributed by atoms with Crippen molar-refractivity contribution in [1.82, 2.24) is 9.38 Å². The van der Waals surface area contributed by atoms with Crippen LogP contribution in [-0.2, 0) is 0 Å². The molecular weight excluding hydrogens is 330 g/mol. The number of aromatic nitrogens is 2.